The molecule has 1 aliphatic rings. The maximum absolute atomic E-state index is 12.9. The quantitative estimate of drug-likeness (QED) is 0.764. The standard InChI is InChI=1S/C24H30N4O3/c1-17-8-9-18(2)28(17)26-22(29)20-10-12-21(13-11-20)31-19(3)23(30)27(4)24(16-25)14-6-5-7-15-24/h8-13,19H,5-7,14-15H2,1-4H3,(H,26,29)/t19-/m1/s1. The third-order valence-corrected chi connectivity index (χ3v) is 6.12. The summed E-state index contributed by atoms with van der Waals surface area (Å²) in [4.78, 5) is 27.0. The summed E-state index contributed by atoms with van der Waals surface area (Å²) in [5, 5.41) is 9.72. The zero-order valence-corrected chi connectivity index (χ0v) is 18.6. The van der Waals surface area contributed by atoms with Crippen LogP contribution in [-0.4, -0.2) is 40.1 Å². The molecule has 1 fully saturated rings. The molecule has 7 nitrogen and oxygen atoms in total. The van der Waals surface area contributed by atoms with Crippen molar-refractivity contribution in [3.63, 3.8) is 0 Å². The van der Waals surface area contributed by atoms with Crippen LogP contribution in [0.25, 0.3) is 0 Å². The van der Waals surface area contributed by atoms with E-state index in [1.807, 2.05) is 26.0 Å². The average Bonchev–Trinajstić information content (AvgIpc) is 3.10. The Morgan fingerprint density at radius 3 is 2.23 bits per heavy atom. The zero-order valence-electron chi connectivity index (χ0n) is 18.6. The van der Waals surface area contributed by atoms with Gasteiger partial charge in [0.1, 0.15) is 11.3 Å². The first-order valence-electron chi connectivity index (χ1n) is 10.7. The van der Waals surface area contributed by atoms with E-state index in [9.17, 15) is 14.9 Å². The fourth-order valence-corrected chi connectivity index (χ4v) is 4.09. The number of nitriles is 1. The zero-order chi connectivity index (χ0) is 22.6. The minimum Gasteiger partial charge on any atom is -0.481 e. The molecule has 7 heteroatoms. The van der Waals surface area contributed by atoms with Crippen molar-refractivity contribution < 1.29 is 14.3 Å². The van der Waals surface area contributed by atoms with Gasteiger partial charge in [-0.25, -0.2) is 0 Å². The number of nitrogens with zero attached hydrogens (tertiary/aromatic N) is 3. The highest BCUT2D eigenvalue weighted by Gasteiger charge is 2.40. The van der Waals surface area contributed by atoms with Gasteiger partial charge in [-0.2, -0.15) is 5.26 Å². The summed E-state index contributed by atoms with van der Waals surface area (Å²) >= 11 is 0. The summed E-state index contributed by atoms with van der Waals surface area (Å²) in [6, 6.07) is 12.9. The Balaban J connectivity index is 1.63. The molecular formula is C24H30N4O3. The van der Waals surface area contributed by atoms with E-state index in [1.165, 1.54) is 0 Å². The lowest BCUT2D eigenvalue weighted by atomic mass is 9.81. The first-order valence-corrected chi connectivity index (χ1v) is 10.7. The Morgan fingerprint density at radius 1 is 1.10 bits per heavy atom. The number of hydrogen-bond donors (Lipinski definition) is 1. The first kappa shape index (κ1) is 22.4. The van der Waals surface area contributed by atoms with Crippen molar-refractivity contribution in [2.45, 2.75) is 64.5 Å². The van der Waals surface area contributed by atoms with Gasteiger partial charge in [-0.05, 0) is 70.0 Å². The topological polar surface area (TPSA) is 87.4 Å². The summed E-state index contributed by atoms with van der Waals surface area (Å²) < 4.78 is 7.55. The number of hydrogen-bond acceptors (Lipinski definition) is 4. The molecule has 2 aromatic rings. The van der Waals surface area contributed by atoms with Crippen LogP contribution in [0, 0.1) is 25.2 Å². The predicted octanol–water partition coefficient (Wildman–Crippen LogP) is 3.94. The molecule has 1 atom stereocenters. The minimum absolute atomic E-state index is 0.219. The number of aryl methyl sites for hydroxylation is 2. The van der Waals surface area contributed by atoms with Crippen LogP contribution in [-0.2, 0) is 4.79 Å². The number of amides is 2. The molecule has 1 aliphatic carbocycles. The van der Waals surface area contributed by atoms with Gasteiger partial charge >= 0.3 is 0 Å². The fourth-order valence-electron chi connectivity index (χ4n) is 4.09. The van der Waals surface area contributed by atoms with Crippen molar-refractivity contribution in [2.24, 2.45) is 0 Å². The molecule has 1 saturated carbocycles. The Labute approximate surface area is 183 Å². The van der Waals surface area contributed by atoms with Crippen LogP contribution in [0.4, 0.5) is 0 Å². The molecule has 2 amide bonds. The van der Waals surface area contributed by atoms with Gasteiger partial charge in [-0.3, -0.25) is 19.7 Å². The number of nitrogens with one attached hydrogen (secondary N) is 1. The monoisotopic (exact) mass is 422 g/mol. The summed E-state index contributed by atoms with van der Waals surface area (Å²) in [5.74, 6) is 0.0451. The third-order valence-electron chi connectivity index (χ3n) is 6.12. The van der Waals surface area contributed by atoms with Gasteiger partial charge in [-0.15, -0.1) is 0 Å². The van der Waals surface area contributed by atoms with Crippen molar-refractivity contribution in [3.8, 4) is 11.8 Å². The molecule has 3 rings (SSSR count). The Hall–Kier alpha value is -3.27. The SMILES string of the molecule is Cc1ccc(C)n1NC(=O)c1ccc(O[C@H](C)C(=O)N(C)C2(C#N)CCCCC2)cc1. The lowest BCUT2D eigenvalue weighted by molar-refractivity contribution is -0.141. The third kappa shape index (κ3) is 4.74. The Kier molecular flexibility index (Phi) is 6.69. The van der Waals surface area contributed by atoms with Gasteiger partial charge in [0, 0.05) is 24.0 Å². The molecular weight excluding hydrogens is 392 g/mol. The summed E-state index contributed by atoms with van der Waals surface area (Å²) in [6.45, 7) is 5.53. The van der Waals surface area contributed by atoms with Gasteiger partial charge in [0.2, 0.25) is 0 Å². The summed E-state index contributed by atoms with van der Waals surface area (Å²) in [5.41, 5.74) is 4.48. The smallest absolute Gasteiger partial charge is 0.270 e. The van der Waals surface area contributed by atoms with Crippen LogP contribution in [0.1, 0.15) is 60.8 Å². The molecule has 0 radical (unpaired) electrons. The van der Waals surface area contributed by atoms with E-state index in [0.717, 1.165) is 30.7 Å². The number of carbonyl (C=O) groups is 2. The number of ether oxygens (including phenoxy) is 1. The number of rotatable bonds is 6. The fraction of sp³-hybridized carbons (Fsp3) is 0.458. The highest BCUT2D eigenvalue weighted by Crippen LogP contribution is 2.33. The second kappa shape index (κ2) is 9.25. The first-order chi connectivity index (χ1) is 14.8. The largest absolute Gasteiger partial charge is 0.481 e. The van der Waals surface area contributed by atoms with Crippen LogP contribution in [0.15, 0.2) is 36.4 Å². The van der Waals surface area contributed by atoms with Crippen LogP contribution in [0.5, 0.6) is 5.75 Å². The van der Waals surface area contributed by atoms with Crippen molar-refractivity contribution in [1.82, 2.24) is 9.58 Å². The molecule has 1 heterocycles. The normalized spacial score (nSPS) is 16.1. The molecule has 0 bridgehead atoms. The Bertz CT molecular complexity index is 962. The molecule has 0 unspecified atom stereocenters. The summed E-state index contributed by atoms with van der Waals surface area (Å²) in [6.07, 6.45) is 3.66. The van der Waals surface area contributed by atoms with Crippen molar-refractivity contribution in [3.05, 3.63) is 53.3 Å². The maximum atomic E-state index is 12.9. The van der Waals surface area contributed by atoms with E-state index >= 15 is 0 Å². The Morgan fingerprint density at radius 2 is 1.68 bits per heavy atom. The summed E-state index contributed by atoms with van der Waals surface area (Å²) in [7, 11) is 1.69. The molecule has 0 spiro atoms. The van der Waals surface area contributed by atoms with Gasteiger partial charge < -0.3 is 9.64 Å². The second-order valence-electron chi connectivity index (χ2n) is 8.28. The van der Waals surface area contributed by atoms with Gasteiger partial charge in [0.25, 0.3) is 11.8 Å². The van der Waals surface area contributed by atoms with E-state index in [-0.39, 0.29) is 11.8 Å². The molecule has 0 aliphatic heterocycles. The average molecular weight is 423 g/mol. The van der Waals surface area contributed by atoms with E-state index in [4.69, 9.17) is 4.74 Å². The number of likely N-dealkylation sites (N-methyl/N-ethyl adjacent to an activating group) is 1. The molecule has 164 valence electrons. The van der Waals surface area contributed by atoms with Crippen LogP contribution in [0.2, 0.25) is 0 Å². The lowest BCUT2D eigenvalue weighted by Gasteiger charge is -2.40. The minimum atomic E-state index is -0.746. The van der Waals surface area contributed by atoms with Crippen molar-refractivity contribution in [1.29, 1.82) is 5.26 Å². The second-order valence-corrected chi connectivity index (χ2v) is 8.28. The van der Waals surface area contributed by atoms with Crippen molar-refractivity contribution in [2.75, 3.05) is 12.5 Å². The van der Waals surface area contributed by atoms with E-state index in [0.29, 0.717) is 24.2 Å². The molecule has 0 saturated heterocycles. The van der Waals surface area contributed by atoms with E-state index in [2.05, 4.69) is 11.5 Å². The van der Waals surface area contributed by atoms with E-state index < -0.39 is 11.6 Å². The highest BCUT2D eigenvalue weighted by atomic mass is 16.5. The molecule has 31 heavy (non-hydrogen) atoms. The number of carbonyl (C=O) groups excluding carboxylic acids is 2. The predicted molar refractivity (Wildman–Crippen MR) is 118 cm³/mol. The highest BCUT2D eigenvalue weighted by molar-refractivity contribution is 6.00. The van der Waals surface area contributed by atoms with Crippen LogP contribution >= 0.6 is 0 Å². The van der Waals surface area contributed by atoms with Crippen LogP contribution < -0.4 is 10.2 Å². The number of aromatic nitrogens is 1. The van der Waals surface area contributed by atoms with Gasteiger partial charge in [0.05, 0.1) is 6.07 Å². The van der Waals surface area contributed by atoms with Crippen LogP contribution in [0.3, 0.4) is 0 Å². The number of benzene rings is 1. The van der Waals surface area contributed by atoms with Gasteiger partial charge in [0.15, 0.2) is 6.10 Å². The van der Waals surface area contributed by atoms with E-state index in [1.54, 1.807) is 47.8 Å². The lowest BCUT2D eigenvalue weighted by Crippen LogP contribution is -2.53. The molecule has 1 aromatic carbocycles. The van der Waals surface area contributed by atoms with Gasteiger partial charge in [-0.1, -0.05) is 19.3 Å². The molecule has 1 N–H and O–H groups in total. The maximum Gasteiger partial charge on any atom is 0.270 e. The molecule has 1 aromatic heterocycles. The van der Waals surface area contributed by atoms with Crippen molar-refractivity contribution >= 4 is 11.8 Å².